The fraction of sp³-hybridized carbons (Fsp3) is 0.562. The molecule has 2 unspecified atom stereocenters. The molecule has 0 heterocycles. The lowest BCUT2D eigenvalue weighted by Gasteiger charge is -2.30. The summed E-state index contributed by atoms with van der Waals surface area (Å²) in [7, 11) is 1.44. The molecule has 0 aliphatic rings. The number of rotatable bonds is 7. The van der Waals surface area contributed by atoms with E-state index in [-0.39, 0.29) is 5.97 Å². The zero-order valence-electron chi connectivity index (χ0n) is 13.0. The molecule has 0 aliphatic heterocycles. The van der Waals surface area contributed by atoms with E-state index in [9.17, 15) is 4.79 Å². The second kappa shape index (κ2) is 7.70. The van der Waals surface area contributed by atoms with Gasteiger partial charge in [0.1, 0.15) is 5.54 Å². The number of aryl methyl sites for hydroxylation is 1. The van der Waals surface area contributed by atoms with Gasteiger partial charge in [-0.3, -0.25) is 4.79 Å². The third-order valence-corrected chi connectivity index (χ3v) is 4.60. The van der Waals surface area contributed by atoms with E-state index in [1.54, 1.807) is 11.8 Å². The van der Waals surface area contributed by atoms with Crippen LogP contribution < -0.4 is 5.32 Å². The lowest BCUT2D eigenvalue weighted by atomic mass is 9.96. The van der Waals surface area contributed by atoms with E-state index in [4.69, 9.17) is 4.74 Å². The predicted octanol–water partition coefficient (Wildman–Crippen LogP) is 3.41. The van der Waals surface area contributed by atoms with E-state index in [1.807, 2.05) is 26.0 Å². The van der Waals surface area contributed by atoms with Crippen molar-refractivity contribution in [1.82, 2.24) is 5.32 Å². The molecule has 3 nitrogen and oxygen atoms in total. The lowest BCUT2D eigenvalue weighted by molar-refractivity contribution is -0.148. The highest BCUT2D eigenvalue weighted by Gasteiger charge is 2.35. The highest BCUT2D eigenvalue weighted by Crippen LogP contribution is 2.31. The summed E-state index contributed by atoms with van der Waals surface area (Å²) in [6, 6.07) is 8.32. The second-order valence-electron chi connectivity index (χ2n) is 5.25. The van der Waals surface area contributed by atoms with Crippen molar-refractivity contribution in [1.29, 1.82) is 0 Å². The molecule has 0 aliphatic carbocycles. The molecule has 2 atom stereocenters. The van der Waals surface area contributed by atoms with Gasteiger partial charge in [-0.15, -0.1) is 11.8 Å². The second-order valence-corrected chi connectivity index (χ2v) is 6.73. The Bertz CT molecular complexity index is 450. The Labute approximate surface area is 126 Å². The highest BCUT2D eigenvalue weighted by atomic mass is 32.2. The molecule has 0 radical (unpaired) electrons. The number of nitrogens with one attached hydrogen (secondary N) is 1. The van der Waals surface area contributed by atoms with Crippen LogP contribution in [0.15, 0.2) is 29.2 Å². The normalized spacial score (nSPS) is 15.4. The van der Waals surface area contributed by atoms with Crippen molar-refractivity contribution < 1.29 is 9.53 Å². The van der Waals surface area contributed by atoms with Crippen LogP contribution in [-0.4, -0.2) is 30.4 Å². The molecule has 1 aromatic carbocycles. The van der Waals surface area contributed by atoms with Gasteiger partial charge in [0.25, 0.3) is 0 Å². The topological polar surface area (TPSA) is 38.3 Å². The van der Waals surface area contributed by atoms with Gasteiger partial charge in [0, 0.05) is 10.1 Å². The van der Waals surface area contributed by atoms with Crippen LogP contribution in [0.4, 0.5) is 0 Å². The van der Waals surface area contributed by atoms with E-state index in [2.05, 4.69) is 31.3 Å². The van der Waals surface area contributed by atoms with Gasteiger partial charge in [0.05, 0.1) is 7.11 Å². The summed E-state index contributed by atoms with van der Waals surface area (Å²) in [5.41, 5.74) is 0.645. The number of methoxy groups -OCH3 is 1. The van der Waals surface area contributed by atoms with Crippen molar-refractivity contribution in [3.05, 3.63) is 29.8 Å². The highest BCUT2D eigenvalue weighted by molar-refractivity contribution is 8.00. The van der Waals surface area contributed by atoms with Crippen LogP contribution >= 0.6 is 11.8 Å². The van der Waals surface area contributed by atoms with Gasteiger partial charge in [0.2, 0.25) is 0 Å². The monoisotopic (exact) mass is 295 g/mol. The molecule has 0 saturated carbocycles. The molecule has 0 aromatic heterocycles. The number of ether oxygens (including phenoxy) is 1. The molecule has 0 spiro atoms. The summed E-state index contributed by atoms with van der Waals surface area (Å²) in [6.07, 6.45) is 0.729. The third kappa shape index (κ3) is 4.53. The minimum atomic E-state index is -0.626. The third-order valence-electron chi connectivity index (χ3n) is 3.32. The smallest absolute Gasteiger partial charge is 0.325 e. The average molecular weight is 295 g/mol. The first kappa shape index (κ1) is 17.1. The number of hydrogen-bond donors (Lipinski definition) is 1. The van der Waals surface area contributed by atoms with Crippen LogP contribution in [0.25, 0.3) is 0 Å². The summed E-state index contributed by atoms with van der Waals surface area (Å²) < 4.78 is 4.93. The molecular formula is C16H25NO2S. The van der Waals surface area contributed by atoms with Gasteiger partial charge < -0.3 is 10.1 Å². The van der Waals surface area contributed by atoms with E-state index in [0.717, 1.165) is 13.0 Å². The molecular weight excluding hydrogens is 270 g/mol. The van der Waals surface area contributed by atoms with Crippen molar-refractivity contribution in [3.8, 4) is 0 Å². The minimum absolute atomic E-state index is 0.198. The van der Waals surface area contributed by atoms with Gasteiger partial charge in [-0.2, -0.15) is 0 Å². The fourth-order valence-corrected chi connectivity index (χ4v) is 3.63. The Kier molecular flexibility index (Phi) is 6.56. The first-order valence-electron chi connectivity index (χ1n) is 6.98. The van der Waals surface area contributed by atoms with Gasteiger partial charge in [0.15, 0.2) is 0 Å². The van der Waals surface area contributed by atoms with Crippen molar-refractivity contribution in [3.63, 3.8) is 0 Å². The van der Waals surface area contributed by atoms with Crippen LogP contribution in [0.5, 0.6) is 0 Å². The molecule has 0 saturated heterocycles. The number of hydrogen-bond acceptors (Lipinski definition) is 4. The lowest BCUT2D eigenvalue weighted by Crippen LogP contribution is -2.51. The van der Waals surface area contributed by atoms with Crippen molar-refractivity contribution in [2.45, 2.75) is 49.8 Å². The van der Waals surface area contributed by atoms with E-state index in [0.29, 0.717) is 5.25 Å². The Morgan fingerprint density at radius 1 is 1.45 bits per heavy atom. The van der Waals surface area contributed by atoms with Crippen LogP contribution in [0, 0.1) is 6.92 Å². The minimum Gasteiger partial charge on any atom is -0.468 e. The van der Waals surface area contributed by atoms with E-state index < -0.39 is 5.54 Å². The van der Waals surface area contributed by atoms with E-state index in [1.165, 1.54) is 17.6 Å². The first-order valence-corrected chi connectivity index (χ1v) is 7.86. The van der Waals surface area contributed by atoms with Crippen molar-refractivity contribution in [2.75, 3.05) is 13.7 Å². The molecule has 0 fully saturated rings. The SMILES string of the molecule is CCNC(C)(CC(C)Sc1ccccc1C)C(=O)OC. The Morgan fingerprint density at radius 3 is 2.65 bits per heavy atom. The van der Waals surface area contributed by atoms with Gasteiger partial charge in [-0.05, 0) is 38.4 Å². The summed E-state index contributed by atoms with van der Waals surface area (Å²) >= 11 is 1.80. The number of thioether (sulfide) groups is 1. The largest absolute Gasteiger partial charge is 0.468 e. The number of likely N-dealkylation sites (N-methyl/N-ethyl adjacent to an activating group) is 1. The molecule has 1 N–H and O–H groups in total. The molecule has 0 amide bonds. The quantitative estimate of drug-likeness (QED) is 0.618. The molecule has 4 heteroatoms. The number of esters is 1. The van der Waals surface area contributed by atoms with E-state index >= 15 is 0 Å². The summed E-state index contributed by atoms with van der Waals surface area (Å²) in [5.74, 6) is -0.198. The Morgan fingerprint density at radius 2 is 2.10 bits per heavy atom. The molecule has 112 valence electrons. The Hall–Kier alpha value is -1.00. The summed E-state index contributed by atoms with van der Waals surface area (Å²) in [6.45, 7) is 8.92. The van der Waals surface area contributed by atoms with Crippen LogP contribution in [0.1, 0.15) is 32.8 Å². The molecule has 1 rings (SSSR count). The predicted molar refractivity (Wildman–Crippen MR) is 85.2 cm³/mol. The van der Waals surface area contributed by atoms with Gasteiger partial charge >= 0.3 is 5.97 Å². The van der Waals surface area contributed by atoms with Crippen LogP contribution in [0.2, 0.25) is 0 Å². The molecule has 1 aromatic rings. The van der Waals surface area contributed by atoms with Crippen LogP contribution in [-0.2, 0) is 9.53 Å². The molecule has 20 heavy (non-hydrogen) atoms. The number of carbonyl (C=O) groups excluding carboxylic acids is 1. The standard InChI is InChI=1S/C16H25NO2S/c1-6-17-16(4,15(18)19-5)11-13(3)20-14-10-8-7-9-12(14)2/h7-10,13,17H,6,11H2,1-5H3. The zero-order valence-corrected chi connectivity index (χ0v) is 13.8. The molecule has 0 bridgehead atoms. The zero-order chi connectivity index (χ0) is 15.2. The summed E-state index contributed by atoms with van der Waals surface area (Å²) in [4.78, 5) is 13.3. The Balaban J connectivity index is 2.74. The van der Waals surface area contributed by atoms with Crippen molar-refractivity contribution in [2.24, 2.45) is 0 Å². The maximum absolute atomic E-state index is 12.0. The number of benzene rings is 1. The van der Waals surface area contributed by atoms with Crippen molar-refractivity contribution >= 4 is 17.7 Å². The maximum atomic E-state index is 12.0. The van der Waals surface area contributed by atoms with Gasteiger partial charge in [-0.25, -0.2) is 0 Å². The fourth-order valence-electron chi connectivity index (χ4n) is 2.37. The summed E-state index contributed by atoms with van der Waals surface area (Å²) in [5, 5.41) is 3.57. The first-order chi connectivity index (χ1) is 9.42. The van der Waals surface area contributed by atoms with Gasteiger partial charge in [-0.1, -0.05) is 32.0 Å². The average Bonchev–Trinajstić information content (AvgIpc) is 2.40. The maximum Gasteiger partial charge on any atom is 0.325 e. The number of carbonyl (C=O) groups is 1. The van der Waals surface area contributed by atoms with Crippen LogP contribution in [0.3, 0.4) is 0 Å².